The van der Waals surface area contributed by atoms with Crippen molar-refractivity contribution in [1.29, 1.82) is 0 Å². The molecule has 1 amide bonds. The maximum absolute atomic E-state index is 13.7. The molecule has 2 aromatic rings. The number of pyridine rings is 1. The van der Waals surface area contributed by atoms with Crippen molar-refractivity contribution in [2.45, 2.75) is 6.42 Å². The van der Waals surface area contributed by atoms with Gasteiger partial charge in [0.15, 0.2) is 0 Å². The van der Waals surface area contributed by atoms with Gasteiger partial charge in [0.1, 0.15) is 12.4 Å². The summed E-state index contributed by atoms with van der Waals surface area (Å²) in [5.74, 6) is 4.03. The number of aliphatic hydroxyl groups excluding tert-OH is 1. The number of rotatable bonds is 3. The number of aliphatic hydroxyl groups is 1. The molecule has 0 bridgehead atoms. The zero-order chi connectivity index (χ0) is 15.1. The highest BCUT2D eigenvalue weighted by atomic mass is 19.1. The SMILES string of the molecule is O=C(Cc1ccccn1)Nc1ccc(C#CCO)c(F)c1. The number of nitrogens with one attached hydrogen (secondary N) is 1. The fraction of sp³-hybridized carbons (Fsp3) is 0.125. The molecule has 106 valence electrons. The van der Waals surface area contributed by atoms with Gasteiger partial charge in [-0.3, -0.25) is 9.78 Å². The lowest BCUT2D eigenvalue weighted by Crippen LogP contribution is -2.15. The lowest BCUT2D eigenvalue weighted by atomic mass is 10.2. The first-order chi connectivity index (χ1) is 10.2. The predicted octanol–water partition coefficient (Wildman–Crippen LogP) is 1.75. The second kappa shape index (κ2) is 7.17. The van der Waals surface area contributed by atoms with Gasteiger partial charge in [0, 0.05) is 17.6 Å². The second-order valence-electron chi connectivity index (χ2n) is 4.20. The highest BCUT2D eigenvalue weighted by molar-refractivity contribution is 5.92. The minimum absolute atomic E-state index is 0.120. The molecule has 0 aliphatic rings. The smallest absolute Gasteiger partial charge is 0.230 e. The molecule has 0 aliphatic heterocycles. The molecule has 0 atom stereocenters. The molecule has 2 N–H and O–H groups in total. The van der Waals surface area contributed by atoms with E-state index in [4.69, 9.17) is 5.11 Å². The minimum Gasteiger partial charge on any atom is -0.384 e. The van der Waals surface area contributed by atoms with Crippen molar-refractivity contribution >= 4 is 11.6 Å². The molecule has 2 rings (SSSR count). The summed E-state index contributed by atoms with van der Waals surface area (Å²) in [6, 6.07) is 9.51. The Hall–Kier alpha value is -2.71. The van der Waals surface area contributed by atoms with Crippen LogP contribution in [-0.2, 0) is 11.2 Å². The number of hydrogen-bond donors (Lipinski definition) is 2. The normalized spacial score (nSPS) is 9.62. The van der Waals surface area contributed by atoms with Crippen molar-refractivity contribution in [3.05, 3.63) is 59.7 Å². The van der Waals surface area contributed by atoms with E-state index < -0.39 is 5.82 Å². The number of amides is 1. The first-order valence-electron chi connectivity index (χ1n) is 6.28. The van der Waals surface area contributed by atoms with Gasteiger partial charge in [-0.05, 0) is 30.3 Å². The van der Waals surface area contributed by atoms with E-state index in [-0.39, 0.29) is 24.5 Å². The predicted molar refractivity (Wildman–Crippen MR) is 76.9 cm³/mol. The maximum Gasteiger partial charge on any atom is 0.230 e. The standard InChI is InChI=1S/C16H13FN2O2/c17-15-10-14(7-6-12(15)4-3-9-20)19-16(21)11-13-5-1-2-8-18-13/h1-2,5-8,10,20H,9,11H2,(H,19,21). The van der Waals surface area contributed by atoms with Crippen molar-refractivity contribution in [2.24, 2.45) is 0 Å². The number of hydrogen-bond acceptors (Lipinski definition) is 3. The highest BCUT2D eigenvalue weighted by Crippen LogP contribution is 2.14. The summed E-state index contributed by atoms with van der Waals surface area (Å²) in [5.41, 5.74) is 1.16. The van der Waals surface area contributed by atoms with Crippen LogP contribution in [0.1, 0.15) is 11.3 Å². The summed E-state index contributed by atoms with van der Waals surface area (Å²) in [7, 11) is 0. The van der Waals surface area contributed by atoms with Crippen LogP contribution in [0.3, 0.4) is 0 Å². The van der Waals surface area contributed by atoms with Crippen molar-refractivity contribution in [3.8, 4) is 11.8 Å². The molecule has 0 fully saturated rings. The molecule has 1 aromatic carbocycles. The van der Waals surface area contributed by atoms with E-state index in [9.17, 15) is 9.18 Å². The zero-order valence-corrected chi connectivity index (χ0v) is 11.1. The number of carbonyl (C=O) groups is 1. The summed E-state index contributed by atoms with van der Waals surface area (Å²) in [6.07, 6.45) is 1.73. The Kier molecular flexibility index (Phi) is 5.02. The number of aromatic nitrogens is 1. The molecule has 0 saturated heterocycles. The van der Waals surface area contributed by atoms with E-state index in [1.54, 1.807) is 30.5 Å². The monoisotopic (exact) mass is 284 g/mol. The van der Waals surface area contributed by atoms with Gasteiger partial charge in [0.25, 0.3) is 0 Å². The zero-order valence-electron chi connectivity index (χ0n) is 11.1. The molecule has 4 nitrogen and oxygen atoms in total. The quantitative estimate of drug-likeness (QED) is 0.844. The highest BCUT2D eigenvalue weighted by Gasteiger charge is 2.07. The summed E-state index contributed by atoms with van der Waals surface area (Å²) in [5, 5.41) is 11.2. The topological polar surface area (TPSA) is 62.2 Å². The van der Waals surface area contributed by atoms with Crippen LogP contribution in [0.4, 0.5) is 10.1 Å². The fourth-order valence-corrected chi connectivity index (χ4v) is 1.70. The Morgan fingerprint density at radius 3 is 2.86 bits per heavy atom. The van der Waals surface area contributed by atoms with Gasteiger partial charge in [-0.15, -0.1) is 0 Å². The molecular weight excluding hydrogens is 271 g/mol. The van der Waals surface area contributed by atoms with Crippen molar-refractivity contribution in [2.75, 3.05) is 11.9 Å². The largest absolute Gasteiger partial charge is 0.384 e. The molecular formula is C16H13FN2O2. The third kappa shape index (κ3) is 4.41. The fourth-order valence-electron chi connectivity index (χ4n) is 1.70. The third-order valence-corrected chi connectivity index (χ3v) is 2.62. The van der Waals surface area contributed by atoms with Gasteiger partial charge in [0.05, 0.1) is 12.0 Å². The summed E-state index contributed by atoms with van der Waals surface area (Å²) >= 11 is 0. The number of carbonyl (C=O) groups excluding carboxylic acids is 1. The molecule has 0 spiro atoms. The van der Waals surface area contributed by atoms with Crippen molar-refractivity contribution in [1.82, 2.24) is 4.98 Å². The molecule has 5 heteroatoms. The first-order valence-corrected chi connectivity index (χ1v) is 6.28. The molecule has 1 aromatic heterocycles. The van der Waals surface area contributed by atoms with Crippen LogP contribution in [0, 0.1) is 17.7 Å². The Bertz CT molecular complexity index is 690. The Labute approximate surface area is 121 Å². The van der Waals surface area contributed by atoms with E-state index in [0.717, 1.165) is 0 Å². The summed E-state index contributed by atoms with van der Waals surface area (Å²) in [6.45, 7) is -0.331. The Morgan fingerprint density at radius 2 is 2.19 bits per heavy atom. The van der Waals surface area contributed by atoms with Crippen LogP contribution >= 0.6 is 0 Å². The van der Waals surface area contributed by atoms with Gasteiger partial charge >= 0.3 is 0 Å². The van der Waals surface area contributed by atoms with Gasteiger partial charge in [-0.1, -0.05) is 17.9 Å². The Balaban J connectivity index is 2.03. The van der Waals surface area contributed by atoms with Crippen molar-refractivity contribution in [3.63, 3.8) is 0 Å². The van der Waals surface area contributed by atoms with Gasteiger partial charge < -0.3 is 10.4 Å². The molecule has 21 heavy (non-hydrogen) atoms. The van der Waals surface area contributed by atoms with E-state index in [0.29, 0.717) is 11.4 Å². The van der Waals surface area contributed by atoms with Crippen LogP contribution in [0.15, 0.2) is 42.6 Å². The number of anilines is 1. The van der Waals surface area contributed by atoms with Crippen LogP contribution in [0.2, 0.25) is 0 Å². The van der Waals surface area contributed by atoms with Crippen LogP contribution in [0.25, 0.3) is 0 Å². The Morgan fingerprint density at radius 1 is 1.33 bits per heavy atom. The summed E-state index contributed by atoms with van der Waals surface area (Å²) in [4.78, 5) is 15.9. The molecule has 0 radical (unpaired) electrons. The molecule has 0 aliphatic carbocycles. The van der Waals surface area contributed by atoms with Crippen molar-refractivity contribution < 1.29 is 14.3 Å². The van der Waals surface area contributed by atoms with Crippen LogP contribution in [0.5, 0.6) is 0 Å². The van der Waals surface area contributed by atoms with E-state index in [1.807, 2.05) is 0 Å². The van der Waals surface area contributed by atoms with E-state index >= 15 is 0 Å². The summed E-state index contributed by atoms with van der Waals surface area (Å²) < 4.78 is 13.7. The minimum atomic E-state index is -0.549. The number of nitrogens with zero attached hydrogens (tertiary/aromatic N) is 1. The first kappa shape index (κ1) is 14.7. The average Bonchev–Trinajstić information content (AvgIpc) is 2.47. The van der Waals surface area contributed by atoms with E-state index in [1.165, 1.54) is 12.1 Å². The number of halogens is 1. The lowest BCUT2D eigenvalue weighted by Gasteiger charge is -2.05. The average molecular weight is 284 g/mol. The molecule has 1 heterocycles. The van der Waals surface area contributed by atoms with E-state index in [2.05, 4.69) is 22.1 Å². The second-order valence-corrected chi connectivity index (χ2v) is 4.20. The molecule has 0 unspecified atom stereocenters. The third-order valence-electron chi connectivity index (χ3n) is 2.62. The van der Waals surface area contributed by atoms with Gasteiger partial charge in [-0.2, -0.15) is 0 Å². The molecule has 0 saturated carbocycles. The lowest BCUT2D eigenvalue weighted by molar-refractivity contribution is -0.115. The van der Waals surface area contributed by atoms with Gasteiger partial charge in [0.2, 0.25) is 5.91 Å². The van der Waals surface area contributed by atoms with Gasteiger partial charge in [-0.25, -0.2) is 4.39 Å². The van der Waals surface area contributed by atoms with Crippen LogP contribution < -0.4 is 5.32 Å². The maximum atomic E-state index is 13.7. The van der Waals surface area contributed by atoms with Crippen LogP contribution in [-0.4, -0.2) is 22.6 Å². The number of benzene rings is 1.